The summed E-state index contributed by atoms with van der Waals surface area (Å²) < 4.78 is 0. The third-order valence-corrected chi connectivity index (χ3v) is 9.74. The van der Waals surface area contributed by atoms with Gasteiger partial charge in [-0.05, 0) is 44.2 Å². The third kappa shape index (κ3) is 8.49. The summed E-state index contributed by atoms with van der Waals surface area (Å²) >= 11 is 0. The van der Waals surface area contributed by atoms with E-state index in [1.807, 2.05) is 12.1 Å². The normalized spacial score (nSPS) is 11.4. The first-order chi connectivity index (χ1) is 23.4. The van der Waals surface area contributed by atoms with Gasteiger partial charge in [-0.1, -0.05) is 107 Å². The Bertz CT molecular complexity index is 2250. The van der Waals surface area contributed by atoms with Crippen molar-refractivity contribution in [2.24, 2.45) is 0 Å². The number of hydrogen-bond acceptors (Lipinski definition) is 0. The van der Waals surface area contributed by atoms with Crippen LogP contribution in [-0.4, -0.2) is 0 Å². The van der Waals surface area contributed by atoms with Gasteiger partial charge in [-0.3, -0.25) is 17.2 Å². The molecule has 0 aliphatic heterocycles. The van der Waals surface area contributed by atoms with Crippen molar-refractivity contribution in [2.45, 2.75) is 40.0 Å². The average molecular weight is 880 g/mol. The number of benzene rings is 6. The molecule has 3 aliphatic rings. The minimum atomic E-state index is 0. The van der Waals surface area contributed by atoms with Gasteiger partial charge in [0.2, 0.25) is 0 Å². The van der Waals surface area contributed by atoms with Crippen LogP contribution in [0.1, 0.15) is 66.8 Å². The summed E-state index contributed by atoms with van der Waals surface area (Å²) in [6, 6.07) is 41.9. The number of rotatable bonds is 3. The number of fused-ring (bicyclic) bond motifs is 9. The van der Waals surface area contributed by atoms with Gasteiger partial charge >= 0.3 is 0 Å². The van der Waals surface area contributed by atoms with Gasteiger partial charge in [-0.25, -0.2) is 29.8 Å². The fourth-order valence-corrected chi connectivity index (χ4v) is 7.26. The summed E-state index contributed by atoms with van der Waals surface area (Å²) in [7, 11) is 0. The molecule has 0 heterocycles. The Kier molecular flexibility index (Phi) is 14.9. The van der Waals surface area contributed by atoms with Crippen LogP contribution in [-0.2, 0) is 117 Å². The van der Waals surface area contributed by atoms with Crippen LogP contribution in [0.5, 0.6) is 0 Å². The molecule has 0 saturated carbocycles. The van der Waals surface area contributed by atoms with Crippen molar-refractivity contribution in [1.29, 1.82) is 0 Å². The SMILES string of the molecule is [CH-]=Cc1[c-]c2c(cc1)Cc1ccc(C)cc1-2.[CH-]=Cc1[c-]cc2c(c1C)Cc1ccccc1-2.[CH-]=Cc1[c-]ccc2c1-c1ccc(C)cc1C2.[Y].[Y].[Y]. The molecule has 6 aromatic rings. The number of aryl methyl sites for hydroxylation is 2. The Morgan fingerprint density at radius 2 is 1.24 bits per heavy atom. The van der Waals surface area contributed by atoms with Crippen LogP contribution in [0.3, 0.4) is 0 Å². The molecule has 0 atom stereocenters. The van der Waals surface area contributed by atoms with E-state index in [2.05, 4.69) is 118 Å². The Morgan fingerprint density at radius 1 is 0.549 bits per heavy atom. The molecule has 3 heteroatoms. The minimum absolute atomic E-state index is 0. The van der Waals surface area contributed by atoms with Crippen LogP contribution in [0.4, 0.5) is 0 Å². The first-order valence-corrected chi connectivity index (χ1v) is 16.4. The van der Waals surface area contributed by atoms with Gasteiger partial charge in [-0.2, -0.15) is 17.7 Å². The maximum absolute atomic E-state index is 5.65. The fraction of sp³-hybridized carbons (Fsp3) is 0.125. The van der Waals surface area contributed by atoms with Gasteiger partial charge in [-0.15, -0.1) is 34.4 Å². The van der Waals surface area contributed by atoms with E-state index in [9.17, 15) is 0 Å². The second kappa shape index (κ2) is 18.3. The maximum atomic E-state index is 5.65. The monoisotopic (exact) mass is 879 g/mol. The summed E-state index contributed by atoms with van der Waals surface area (Å²) in [4.78, 5) is 0. The second-order valence-electron chi connectivity index (χ2n) is 12.8. The molecule has 0 spiro atoms. The molecule has 6 aromatic carbocycles. The largest absolute Gasteiger partial charge is 0.344 e. The van der Waals surface area contributed by atoms with Crippen molar-refractivity contribution in [1.82, 2.24) is 0 Å². The molecule has 0 N–H and O–H groups in total. The molecular weight excluding hydrogens is 843 g/mol. The van der Waals surface area contributed by atoms with Gasteiger partial charge < -0.3 is 37.5 Å². The minimum Gasteiger partial charge on any atom is -0.344 e. The Morgan fingerprint density at radius 3 is 2.00 bits per heavy atom. The van der Waals surface area contributed by atoms with Crippen molar-refractivity contribution in [3.63, 3.8) is 0 Å². The molecule has 243 valence electrons. The molecule has 3 radical (unpaired) electrons. The van der Waals surface area contributed by atoms with Gasteiger partial charge in [0.05, 0.1) is 0 Å². The fourth-order valence-electron chi connectivity index (χ4n) is 7.26. The second-order valence-corrected chi connectivity index (χ2v) is 12.8. The molecule has 0 amide bonds. The molecule has 9 rings (SSSR count). The van der Waals surface area contributed by atoms with E-state index in [0.717, 1.165) is 36.0 Å². The Hall–Kier alpha value is -2.15. The van der Waals surface area contributed by atoms with E-state index >= 15 is 0 Å². The smallest absolute Gasteiger partial charge is 0 e. The van der Waals surface area contributed by atoms with Crippen LogP contribution < -0.4 is 0 Å². The zero-order chi connectivity index (χ0) is 33.4. The summed E-state index contributed by atoms with van der Waals surface area (Å²) in [5, 5.41) is 0. The zero-order valence-electron chi connectivity index (χ0n) is 29.5. The molecule has 3 aliphatic carbocycles. The van der Waals surface area contributed by atoms with Crippen molar-refractivity contribution >= 4 is 18.2 Å². The molecule has 0 aromatic heterocycles. The van der Waals surface area contributed by atoms with E-state index in [1.165, 1.54) is 83.5 Å². The molecule has 0 unspecified atom stereocenters. The van der Waals surface area contributed by atoms with Crippen LogP contribution >= 0.6 is 0 Å². The summed E-state index contributed by atoms with van der Waals surface area (Å²) in [5.74, 6) is 0. The molecule has 0 fully saturated rings. The molecule has 0 bridgehead atoms. The van der Waals surface area contributed by atoms with Gasteiger partial charge in [0.15, 0.2) is 0 Å². The van der Waals surface area contributed by atoms with Crippen LogP contribution in [0.15, 0.2) is 91.0 Å². The van der Waals surface area contributed by atoms with Gasteiger partial charge in [0, 0.05) is 98.1 Å². The van der Waals surface area contributed by atoms with Crippen molar-refractivity contribution in [3.8, 4) is 33.4 Å². The summed E-state index contributed by atoms with van der Waals surface area (Å²) in [6.07, 6.45) is 7.95. The van der Waals surface area contributed by atoms with Crippen molar-refractivity contribution < 1.29 is 98.1 Å². The van der Waals surface area contributed by atoms with E-state index in [1.54, 1.807) is 18.2 Å². The van der Waals surface area contributed by atoms with E-state index in [-0.39, 0.29) is 98.1 Å². The van der Waals surface area contributed by atoms with E-state index in [4.69, 9.17) is 19.7 Å². The predicted octanol–water partition coefficient (Wildman–Crippen LogP) is 11.4. The third-order valence-electron chi connectivity index (χ3n) is 9.74. The standard InChI is InChI=1S/3C16H12.3Y/c1-3-12-5-7-14-10-13-6-4-11(2)8-15(13)16(14)9-12;1-3-12-5-4-6-13-10-14-9-11(2)7-8-15(14)16(12)13;1-3-12-8-9-15-14-7-5-4-6-13(14)10-16(15)11(12)2;;;/h1,3-8H,10H2,2H3;1,3-4,6-9H,10H2,2H3;1,3-7,9H,10H2,2H3;;;/q3*-2;;;. The molecule has 51 heavy (non-hydrogen) atoms. The number of hydrogen-bond donors (Lipinski definition) is 0. The van der Waals surface area contributed by atoms with Crippen LogP contribution in [0, 0.1) is 58.7 Å². The first-order valence-electron chi connectivity index (χ1n) is 16.4. The topological polar surface area (TPSA) is 0 Å². The summed E-state index contributed by atoms with van der Waals surface area (Å²) in [5.41, 5.74) is 23.0. The van der Waals surface area contributed by atoms with Crippen LogP contribution in [0.2, 0.25) is 0 Å². The van der Waals surface area contributed by atoms with Crippen molar-refractivity contribution in [2.75, 3.05) is 0 Å². The maximum Gasteiger partial charge on any atom is 0 e. The van der Waals surface area contributed by atoms with Gasteiger partial charge in [0.25, 0.3) is 0 Å². The molecule has 0 saturated heterocycles. The van der Waals surface area contributed by atoms with Crippen molar-refractivity contribution in [3.05, 3.63) is 196 Å². The first kappa shape index (κ1) is 41.6. The molecule has 0 nitrogen and oxygen atoms in total. The van der Waals surface area contributed by atoms with Gasteiger partial charge in [0.1, 0.15) is 0 Å². The summed E-state index contributed by atoms with van der Waals surface area (Å²) in [6.45, 7) is 23.2. The zero-order valence-corrected chi connectivity index (χ0v) is 38.0. The predicted molar refractivity (Wildman–Crippen MR) is 201 cm³/mol. The molecular formula is C48H36Y3-6. The quantitative estimate of drug-likeness (QED) is 0.155. The Labute approximate surface area is 380 Å². The van der Waals surface area contributed by atoms with E-state index < -0.39 is 0 Å². The van der Waals surface area contributed by atoms with Crippen LogP contribution in [0.25, 0.3) is 51.6 Å². The van der Waals surface area contributed by atoms with E-state index in [0.29, 0.717) is 0 Å². The average Bonchev–Trinajstić information content (AvgIpc) is 3.79. The Balaban J connectivity index is 0.000000167.